The lowest BCUT2D eigenvalue weighted by Gasteiger charge is -2.36. The van der Waals surface area contributed by atoms with Crippen molar-refractivity contribution in [1.82, 2.24) is 4.90 Å². The highest BCUT2D eigenvalue weighted by molar-refractivity contribution is 7.90. The van der Waals surface area contributed by atoms with Gasteiger partial charge in [-0.15, -0.1) is 0 Å². The lowest BCUT2D eigenvalue weighted by atomic mass is 10.1. The van der Waals surface area contributed by atoms with Gasteiger partial charge in [0.2, 0.25) is 5.91 Å². The number of nitrogens with zero attached hydrogens (tertiary/aromatic N) is 2. The predicted octanol–water partition coefficient (Wildman–Crippen LogP) is 3.62. The van der Waals surface area contributed by atoms with E-state index >= 15 is 0 Å². The molecule has 40 heavy (non-hydrogen) atoms. The van der Waals surface area contributed by atoms with Crippen LogP contribution in [0.1, 0.15) is 27.0 Å². The van der Waals surface area contributed by atoms with Crippen LogP contribution in [0.5, 0.6) is 5.75 Å². The van der Waals surface area contributed by atoms with Crippen molar-refractivity contribution >= 4 is 38.7 Å². The van der Waals surface area contributed by atoms with E-state index < -0.39 is 21.8 Å². The zero-order chi connectivity index (χ0) is 28.4. The molecule has 1 saturated heterocycles. The van der Waals surface area contributed by atoms with Gasteiger partial charge in [-0.3, -0.25) is 9.59 Å². The van der Waals surface area contributed by atoms with Gasteiger partial charge in [0.15, 0.2) is 9.84 Å². The molecule has 0 spiro atoms. The quantitative estimate of drug-likeness (QED) is 0.453. The van der Waals surface area contributed by atoms with Gasteiger partial charge in [-0.1, -0.05) is 23.8 Å². The SMILES string of the molecule is COc1ccc(N2CCN(C(=O)c3ccc4c(c3)NC(=O)C(CS(=O)(=O)Cc3cc(C)ccc3C)N4)CC2)cc1. The molecule has 0 aromatic heterocycles. The third kappa shape index (κ3) is 6.07. The topological polar surface area (TPSA) is 108 Å². The summed E-state index contributed by atoms with van der Waals surface area (Å²) < 4.78 is 31.2. The number of methoxy groups -OCH3 is 1. The van der Waals surface area contributed by atoms with E-state index in [-0.39, 0.29) is 17.4 Å². The summed E-state index contributed by atoms with van der Waals surface area (Å²) in [5.41, 5.74) is 5.25. The van der Waals surface area contributed by atoms with Crippen LogP contribution in [0.2, 0.25) is 0 Å². The van der Waals surface area contributed by atoms with Gasteiger partial charge in [-0.25, -0.2) is 8.42 Å². The molecular formula is C30H34N4O5S. The van der Waals surface area contributed by atoms with E-state index in [1.165, 1.54) is 0 Å². The second-order valence-electron chi connectivity index (χ2n) is 10.4. The Kier molecular flexibility index (Phi) is 7.71. The molecule has 2 amide bonds. The zero-order valence-corrected chi connectivity index (χ0v) is 23.8. The van der Waals surface area contributed by atoms with E-state index in [0.717, 1.165) is 28.1 Å². The van der Waals surface area contributed by atoms with Crippen molar-refractivity contribution in [2.75, 3.05) is 54.6 Å². The molecule has 3 aromatic carbocycles. The second-order valence-corrected chi connectivity index (χ2v) is 12.5. The molecule has 2 aliphatic rings. The van der Waals surface area contributed by atoms with Gasteiger partial charge in [-0.05, 0) is 67.4 Å². The summed E-state index contributed by atoms with van der Waals surface area (Å²) in [5.74, 6) is -0.195. The molecule has 1 atom stereocenters. The van der Waals surface area contributed by atoms with Crippen molar-refractivity contribution in [3.63, 3.8) is 0 Å². The van der Waals surface area contributed by atoms with Gasteiger partial charge in [0.05, 0.1) is 30.0 Å². The van der Waals surface area contributed by atoms with E-state index in [4.69, 9.17) is 4.74 Å². The molecule has 1 unspecified atom stereocenters. The molecule has 5 rings (SSSR count). The molecular weight excluding hydrogens is 528 g/mol. The van der Waals surface area contributed by atoms with E-state index in [1.807, 2.05) is 61.2 Å². The Morgan fingerprint density at radius 2 is 1.68 bits per heavy atom. The molecule has 0 aliphatic carbocycles. The Morgan fingerprint density at radius 3 is 2.38 bits per heavy atom. The molecule has 10 heteroatoms. The molecule has 2 aliphatic heterocycles. The standard InChI is InChI=1S/C30H34N4O5S/c1-20-4-5-21(2)23(16-20)18-40(37,38)19-28-29(35)32-27-17-22(6-11-26(27)31-28)30(36)34-14-12-33(13-15-34)24-7-9-25(39-3)10-8-24/h4-11,16-17,28,31H,12-15,18-19H2,1-3H3,(H,32,35). The number of piperazine rings is 1. The molecule has 210 valence electrons. The number of rotatable bonds is 7. The summed E-state index contributed by atoms with van der Waals surface area (Å²) in [4.78, 5) is 30.1. The van der Waals surface area contributed by atoms with Gasteiger partial charge in [0.1, 0.15) is 11.8 Å². The van der Waals surface area contributed by atoms with Gasteiger partial charge in [0.25, 0.3) is 5.91 Å². The number of amides is 2. The summed E-state index contributed by atoms with van der Waals surface area (Å²) in [5, 5.41) is 5.86. The van der Waals surface area contributed by atoms with Crippen molar-refractivity contribution in [2.24, 2.45) is 0 Å². The number of hydrogen-bond donors (Lipinski definition) is 2. The number of sulfone groups is 1. The Hall–Kier alpha value is -4.05. The second kappa shape index (κ2) is 11.2. The van der Waals surface area contributed by atoms with Crippen molar-refractivity contribution in [2.45, 2.75) is 25.6 Å². The molecule has 2 N–H and O–H groups in total. The largest absolute Gasteiger partial charge is 0.497 e. The number of anilines is 3. The maximum Gasteiger partial charge on any atom is 0.254 e. The first-order valence-electron chi connectivity index (χ1n) is 13.3. The minimum absolute atomic E-state index is 0.107. The number of ether oxygens (including phenoxy) is 1. The number of benzene rings is 3. The fourth-order valence-corrected chi connectivity index (χ4v) is 6.79. The number of fused-ring (bicyclic) bond motifs is 1. The molecule has 0 radical (unpaired) electrons. The number of aryl methyl sites for hydroxylation is 2. The average Bonchev–Trinajstić information content (AvgIpc) is 2.94. The minimum Gasteiger partial charge on any atom is -0.497 e. The van der Waals surface area contributed by atoms with Crippen molar-refractivity contribution in [3.8, 4) is 5.75 Å². The lowest BCUT2D eigenvalue weighted by Crippen LogP contribution is -2.49. The van der Waals surface area contributed by atoms with Gasteiger partial charge in [-0.2, -0.15) is 0 Å². The van der Waals surface area contributed by atoms with E-state index in [0.29, 0.717) is 43.1 Å². The highest BCUT2D eigenvalue weighted by Crippen LogP contribution is 2.30. The summed E-state index contributed by atoms with van der Waals surface area (Å²) in [7, 11) is -1.93. The maximum absolute atomic E-state index is 13.2. The van der Waals surface area contributed by atoms with Crippen LogP contribution in [0.3, 0.4) is 0 Å². The molecule has 1 fully saturated rings. The lowest BCUT2D eigenvalue weighted by molar-refractivity contribution is -0.116. The van der Waals surface area contributed by atoms with E-state index in [2.05, 4.69) is 15.5 Å². The van der Waals surface area contributed by atoms with Crippen molar-refractivity contribution < 1.29 is 22.7 Å². The Balaban J connectivity index is 1.21. The first-order chi connectivity index (χ1) is 19.1. The van der Waals surface area contributed by atoms with Crippen LogP contribution in [-0.2, 0) is 20.4 Å². The normalized spacial score (nSPS) is 17.1. The summed E-state index contributed by atoms with van der Waals surface area (Å²) in [6, 6.07) is 17.8. The van der Waals surface area contributed by atoms with Gasteiger partial charge >= 0.3 is 0 Å². The minimum atomic E-state index is -3.57. The molecule has 0 saturated carbocycles. The van der Waals surface area contributed by atoms with Gasteiger partial charge in [0, 0.05) is 37.4 Å². The predicted molar refractivity (Wildman–Crippen MR) is 157 cm³/mol. The van der Waals surface area contributed by atoms with Crippen LogP contribution in [0.15, 0.2) is 60.7 Å². The summed E-state index contributed by atoms with van der Waals surface area (Å²) in [6.07, 6.45) is 0. The van der Waals surface area contributed by atoms with Crippen LogP contribution < -0.4 is 20.3 Å². The van der Waals surface area contributed by atoms with Crippen molar-refractivity contribution in [1.29, 1.82) is 0 Å². The molecule has 2 heterocycles. The smallest absolute Gasteiger partial charge is 0.254 e. The summed E-state index contributed by atoms with van der Waals surface area (Å²) in [6.45, 7) is 6.37. The summed E-state index contributed by atoms with van der Waals surface area (Å²) >= 11 is 0. The first kappa shape index (κ1) is 27.5. The number of carbonyl (C=O) groups is 2. The van der Waals surface area contributed by atoms with Crippen molar-refractivity contribution in [3.05, 3.63) is 82.9 Å². The fourth-order valence-electron chi connectivity index (χ4n) is 5.15. The molecule has 0 bridgehead atoms. The number of carbonyl (C=O) groups excluding carboxylic acids is 2. The van der Waals surface area contributed by atoms with Crippen LogP contribution in [0.25, 0.3) is 0 Å². The Morgan fingerprint density at radius 1 is 0.950 bits per heavy atom. The number of hydrogen-bond acceptors (Lipinski definition) is 7. The van der Waals surface area contributed by atoms with Gasteiger partial charge < -0.3 is 25.2 Å². The van der Waals surface area contributed by atoms with Crippen LogP contribution in [0.4, 0.5) is 17.1 Å². The van der Waals surface area contributed by atoms with Crippen LogP contribution in [-0.4, -0.2) is 70.2 Å². The fraction of sp³-hybridized carbons (Fsp3) is 0.333. The Bertz CT molecular complexity index is 1530. The molecule has 3 aromatic rings. The molecule has 9 nitrogen and oxygen atoms in total. The highest BCUT2D eigenvalue weighted by atomic mass is 32.2. The maximum atomic E-state index is 13.2. The monoisotopic (exact) mass is 562 g/mol. The van der Waals surface area contributed by atoms with E-state index in [9.17, 15) is 18.0 Å². The van der Waals surface area contributed by atoms with Crippen LogP contribution >= 0.6 is 0 Å². The highest BCUT2D eigenvalue weighted by Gasteiger charge is 2.31. The zero-order valence-electron chi connectivity index (χ0n) is 22.9. The third-order valence-electron chi connectivity index (χ3n) is 7.48. The first-order valence-corrected chi connectivity index (χ1v) is 15.1. The van der Waals surface area contributed by atoms with Crippen LogP contribution in [0, 0.1) is 13.8 Å². The average molecular weight is 563 g/mol. The third-order valence-corrected chi connectivity index (χ3v) is 9.07. The number of nitrogens with one attached hydrogen (secondary N) is 2. The Labute approximate surface area is 235 Å². The van der Waals surface area contributed by atoms with E-state index in [1.54, 1.807) is 25.3 Å².